The van der Waals surface area contributed by atoms with Crippen LogP contribution in [0.4, 0.5) is 18.9 Å². The van der Waals surface area contributed by atoms with Gasteiger partial charge in [0.05, 0.1) is 12.4 Å². The van der Waals surface area contributed by atoms with Crippen LogP contribution < -0.4 is 15.8 Å². The summed E-state index contributed by atoms with van der Waals surface area (Å²) in [4.78, 5) is 24.1. The molecule has 0 bridgehead atoms. The molecule has 0 radical (unpaired) electrons. The van der Waals surface area contributed by atoms with Crippen molar-refractivity contribution < 1.29 is 22.7 Å². The maximum atomic E-state index is 14.9. The van der Waals surface area contributed by atoms with Gasteiger partial charge >= 0.3 is 0 Å². The molecule has 0 fully saturated rings. The number of carbonyl (C=O) groups excluding carboxylic acids is 1. The number of nitrogens with one attached hydrogen (secondary N) is 1. The molecule has 0 spiro atoms. The van der Waals surface area contributed by atoms with Gasteiger partial charge in [-0.25, -0.2) is 28.1 Å². The number of ether oxygens (including phenoxy) is 1. The highest BCUT2D eigenvalue weighted by molar-refractivity contribution is 8.14. The summed E-state index contributed by atoms with van der Waals surface area (Å²) in [5.74, 6) is -1.38. The number of rotatable bonds is 5. The van der Waals surface area contributed by atoms with Crippen molar-refractivity contribution in [3.63, 3.8) is 0 Å². The van der Waals surface area contributed by atoms with E-state index in [0.29, 0.717) is 0 Å². The minimum atomic E-state index is -1.54. The number of benzene rings is 1. The molecule has 2 heterocycles. The number of alkyl halides is 2. The molecule has 1 aliphatic heterocycles. The zero-order valence-corrected chi connectivity index (χ0v) is 16.3. The van der Waals surface area contributed by atoms with Gasteiger partial charge in [0.25, 0.3) is 5.91 Å². The van der Waals surface area contributed by atoms with Crippen LogP contribution in [0.5, 0.6) is 5.88 Å². The summed E-state index contributed by atoms with van der Waals surface area (Å²) in [5, 5.41) is 2.18. The van der Waals surface area contributed by atoms with Crippen molar-refractivity contribution in [2.24, 2.45) is 10.7 Å². The lowest BCUT2D eigenvalue weighted by Gasteiger charge is -2.37. The molecule has 1 amide bonds. The quantitative estimate of drug-likeness (QED) is 0.763. The Balaban J connectivity index is 1.87. The fourth-order valence-corrected chi connectivity index (χ4v) is 3.99. The Hall–Kier alpha value is -2.82. The molecule has 29 heavy (non-hydrogen) atoms. The molecular formula is C18H18F3N5O2S. The first kappa shape index (κ1) is 20.9. The standard InChI is InChI=1S/C18H18F3N5O2S/c1-9-15(21)18(2,26-17(22)29-9)11-5-10(3-4-12(11)20)25-16(27)13-6-24-14(7-23-13)28-8-19/h3-7,9,15H,8H2,1-2H3,(H2,22,26)(H,25,27)/t9-,15+,18-/m1/s1. The predicted octanol–water partition coefficient (Wildman–Crippen LogP) is 3.18. The van der Waals surface area contributed by atoms with E-state index in [-0.39, 0.29) is 28.0 Å². The fraction of sp³-hybridized carbons (Fsp3) is 0.333. The van der Waals surface area contributed by atoms with E-state index in [4.69, 9.17) is 5.73 Å². The third kappa shape index (κ3) is 4.29. The van der Waals surface area contributed by atoms with E-state index in [1.165, 1.54) is 19.1 Å². The molecule has 1 aromatic carbocycles. The van der Waals surface area contributed by atoms with Crippen molar-refractivity contribution in [2.45, 2.75) is 30.8 Å². The van der Waals surface area contributed by atoms with Gasteiger partial charge in [0.15, 0.2) is 5.17 Å². The Morgan fingerprint density at radius 3 is 2.79 bits per heavy atom. The molecule has 1 aromatic heterocycles. The van der Waals surface area contributed by atoms with Crippen LogP contribution in [-0.4, -0.2) is 39.3 Å². The maximum Gasteiger partial charge on any atom is 0.275 e. The van der Waals surface area contributed by atoms with Crippen LogP contribution in [0.2, 0.25) is 0 Å². The molecular weight excluding hydrogens is 407 g/mol. The topological polar surface area (TPSA) is 102 Å². The molecule has 0 aliphatic carbocycles. The average Bonchev–Trinajstić information content (AvgIpc) is 2.68. The average molecular weight is 425 g/mol. The minimum absolute atomic E-state index is 0.0318. The summed E-state index contributed by atoms with van der Waals surface area (Å²) >= 11 is 1.08. The Labute approximate surface area is 169 Å². The molecule has 1 aliphatic rings. The molecule has 7 nitrogen and oxygen atoms in total. The van der Waals surface area contributed by atoms with Crippen molar-refractivity contribution in [1.82, 2.24) is 9.97 Å². The van der Waals surface area contributed by atoms with E-state index >= 15 is 0 Å². The molecule has 0 unspecified atom stereocenters. The molecule has 0 saturated carbocycles. The molecule has 154 valence electrons. The first-order valence-corrected chi connectivity index (χ1v) is 9.41. The largest absolute Gasteiger partial charge is 0.445 e. The first-order valence-electron chi connectivity index (χ1n) is 8.53. The van der Waals surface area contributed by atoms with Gasteiger partial charge in [0, 0.05) is 16.5 Å². The highest BCUT2D eigenvalue weighted by atomic mass is 32.2. The van der Waals surface area contributed by atoms with Crippen LogP contribution in [0.25, 0.3) is 0 Å². The maximum absolute atomic E-state index is 14.9. The Morgan fingerprint density at radius 2 is 2.14 bits per heavy atom. The van der Waals surface area contributed by atoms with E-state index in [2.05, 4.69) is 25.0 Å². The molecule has 0 saturated heterocycles. The van der Waals surface area contributed by atoms with Gasteiger partial charge in [-0.2, -0.15) is 0 Å². The summed E-state index contributed by atoms with van der Waals surface area (Å²) in [6, 6.07) is 3.76. The number of aromatic nitrogens is 2. The molecule has 3 rings (SSSR count). The minimum Gasteiger partial charge on any atom is -0.445 e. The van der Waals surface area contributed by atoms with E-state index in [1.807, 2.05) is 0 Å². The highest BCUT2D eigenvalue weighted by Crippen LogP contribution is 2.42. The number of amidine groups is 1. The Bertz CT molecular complexity index is 944. The van der Waals surface area contributed by atoms with Gasteiger partial charge in [0.2, 0.25) is 12.7 Å². The zero-order chi connectivity index (χ0) is 21.2. The number of nitrogens with two attached hydrogens (primary N) is 1. The van der Waals surface area contributed by atoms with Crippen LogP contribution in [-0.2, 0) is 5.54 Å². The summed E-state index contributed by atoms with van der Waals surface area (Å²) in [6.07, 6.45) is 0.709. The van der Waals surface area contributed by atoms with Crippen LogP contribution in [0.3, 0.4) is 0 Å². The van der Waals surface area contributed by atoms with E-state index in [0.717, 1.165) is 30.2 Å². The van der Waals surface area contributed by atoms with Crippen molar-refractivity contribution in [1.29, 1.82) is 0 Å². The van der Waals surface area contributed by atoms with Gasteiger partial charge in [-0.15, -0.1) is 0 Å². The SMILES string of the molecule is C[C@H]1SC(N)=N[C@](C)(c2cc(NC(=O)c3cnc(OCF)cn3)ccc2F)[C@H]1F. The number of carbonyl (C=O) groups is 1. The highest BCUT2D eigenvalue weighted by Gasteiger charge is 2.45. The second-order valence-corrected chi connectivity index (χ2v) is 7.86. The first-order chi connectivity index (χ1) is 13.7. The lowest BCUT2D eigenvalue weighted by Crippen LogP contribution is -2.44. The van der Waals surface area contributed by atoms with Crippen LogP contribution >= 0.6 is 11.8 Å². The van der Waals surface area contributed by atoms with E-state index in [1.54, 1.807) is 6.92 Å². The van der Waals surface area contributed by atoms with Gasteiger partial charge in [-0.3, -0.25) is 4.79 Å². The van der Waals surface area contributed by atoms with Gasteiger partial charge in [0.1, 0.15) is 23.2 Å². The lowest BCUT2D eigenvalue weighted by molar-refractivity contribution is 0.102. The number of aliphatic imine (C=N–C) groups is 1. The number of hydrogen-bond donors (Lipinski definition) is 2. The van der Waals surface area contributed by atoms with Crippen molar-refractivity contribution >= 4 is 28.5 Å². The van der Waals surface area contributed by atoms with E-state index < -0.39 is 35.5 Å². The number of hydrogen-bond acceptors (Lipinski definition) is 7. The monoisotopic (exact) mass is 425 g/mol. The number of halogens is 3. The summed E-state index contributed by atoms with van der Waals surface area (Å²) in [6.45, 7) is 2.03. The number of nitrogens with zero attached hydrogens (tertiary/aromatic N) is 3. The van der Waals surface area contributed by atoms with Crippen molar-refractivity contribution in [3.8, 4) is 5.88 Å². The molecule has 3 N–H and O–H groups in total. The van der Waals surface area contributed by atoms with Crippen molar-refractivity contribution in [3.05, 3.63) is 47.7 Å². The van der Waals surface area contributed by atoms with Crippen LogP contribution in [0.15, 0.2) is 35.6 Å². The second-order valence-electron chi connectivity index (χ2n) is 6.46. The Kier molecular flexibility index (Phi) is 5.96. The number of amides is 1. The number of thioether (sulfide) groups is 1. The van der Waals surface area contributed by atoms with Crippen molar-refractivity contribution in [2.75, 3.05) is 12.2 Å². The van der Waals surface area contributed by atoms with Crippen LogP contribution in [0, 0.1) is 5.82 Å². The normalized spacial score (nSPS) is 24.0. The van der Waals surface area contributed by atoms with Crippen LogP contribution in [0.1, 0.15) is 29.9 Å². The van der Waals surface area contributed by atoms with Gasteiger partial charge in [-0.1, -0.05) is 11.8 Å². The second kappa shape index (κ2) is 8.27. The molecule has 11 heteroatoms. The lowest BCUT2D eigenvalue weighted by atomic mass is 9.85. The third-order valence-corrected chi connectivity index (χ3v) is 5.37. The van der Waals surface area contributed by atoms with Gasteiger partial charge < -0.3 is 15.8 Å². The zero-order valence-electron chi connectivity index (χ0n) is 15.5. The fourth-order valence-electron chi connectivity index (χ4n) is 2.98. The summed E-state index contributed by atoms with van der Waals surface area (Å²) in [7, 11) is 0. The summed E-state index contributed by atoms with van der Waals surface area (Å²) in [5.41, 5.74) is 4.36. The van der Waals surface area contributed by atoms with E-state index in [9.17, 15) is 18.0 Å². The van der Waals surface area contributed by atoms with Gasteiger partial charge in [-0.05, 0) is 32.0 Å². The Morgan fingerprint density at radius 1 is 1.38 bits per heavy atom. The summed E-state index contributed by atoms with van der Waals surface area (Å²) < 4.78 is 46.1. The number of anilines is 1. The smallest absolute Gasteiger partial charge is 0.275 e. The molecule has 2 aromatic rings. The predicted molar refractivity (Wildman–Crippen MR) is 104 cm³/mol. The third-order valence-electron chi connectivity index (χ3n) is 4.43. The molecule has 3 atom stereocenters.